The Morgan fingerprint density at radius 3 is 2.54 bits per heavy atom. The van der Waals surface area contributed by atoms with E-state index < -0.39 is 6.03 Å². The van der Waals surface area contributed by atoms with E-state index in [9.17, 15) is 9.59 Å². The molecule has 0 unspecified atom stereocenters. The van der Waals surface area contributed by atoms with Crippen molar-refractivity contribution in [1.29, 1.82) is 0 Å². The third-order valence-electron chi connectivity index (χ3n) is 5.50. The number of urea groups is 1. The molecule has 0 atom stereocenters. The summed E-state index contributed by atoms with van der Waals surface area (Å²) in [7, 11) is 0. The van der Waals surface area contributed by atoms with Crippen molar-refractivity contribution in [2.75, 3.05) is 23.8 Å². The lowest BCUT2D eigenvalue weighted by Gasteiger charge is -2.19. The average Bonchev–Trinajstić information content (AvgIpc) is 2.84. The summed E-state index contributed by atoms with van der Waals surface area (Å²) in [5.74, 6) is 1.83. The van der Waals surface area contributed by atoms with Crippen molar-refractivity contribution in [2.24, 2.45) is 0 Å². The number of amides is 2. The van der Waals surface area contributed by atoms with Gasteiger partial charge >= 0.3 is 6.03 Å². The van der Waals surface area contributed by atoms with E-state index in [1.807, 2.05) is 32.0 Å². The van der Waals surface area contributed by atoms with Crippen LogP contribution in [0.3, 0.4) is 0 Å². The van der Waals surface area contributed by atoms with Crippen molar-refractivity contribution in [2.45, 2.75) is 20.5 Å². The summed E-state index contributed by atoms with van der Waals surface area (Å²) < 4.78 is 18.5. The Balaban J connectivity index is 1.26. The Morgan fingerprint density at radius 1 is 0.971 bits per heavy atom. The van der Waals surface area contributed by atoms with Crippen LogP contribution >= 0.6 is 0 Å². The van der Waals surface area contributed by atoms with Crippen LogP contribution in [0.4, 0.5) is 16.2 Å². The van der Waals surface area contributed by atoms with Gasteiger partial charge in [-0.15, -0.1) is 0 Å². The molecule has 2 amide bonds. The minimum atomic E-state index is -0.406. The van der Waals surface area contributed by atoms with Crippen molar-refractivity contribution >= 4 is 23.1 Å². The summed E-state index contributed by atoms with van der Waals surface area (Å²) in [4.78, 5) is 29.5. The number of hydrogen-bond acceptors (Lipinski definition) is 6. The van der Waals surface area contributed by atoms with Crippen LogP contribution in [0.25, 0.3) is 5.65 Å². The Morgan fingerprint density at radius 2 is 1.71 bits per heavy atom. The van der Waals surface area contributed by atoms with E-state index in [4.69, 9.17) is 14.2 Å². The molecule has 2 aromatic carbocycles. The van der Waals surface area contributed by atoms with Gasteiger partial charge in [-0.1, -0.05) is 6.07 Å². The minimum Gasteiger partial charge on any atom is -0.487 e. The van der Waals surface area contributed by atoms with Gasteiger partial charge in [-0.05, 0) is 55.3 Å². The first-order valence-corrected chi connectivity index (χ1v) is 11.1. The maximum absolute atomic E-state index is 12.5. The number of nitrogens with one attached hydrogen (secondary N) is 2. The Labute approximate surface area is 201 Å². The molecule has 0 fully saturated rings. The first-order chi connectivity index (χ1) is 16.9. The van der Waals surface area contributed by atoms with Crippen molar-refractivity contribution in [3.05, 3.63) is 88.0 Å². The number of fused-ring (bicyclic) bond motifs is 2. The topological polar surface area (TPSA) is 103 Å². The first-order valence-electron chi connectivity index (χ1n) is 11.1. The van der Waals surface area contributed by atoms with Gasteiger partial charge in [0.1, 0.15) is 31.2 Å². The molecule has 9 nitrogen and oxygen atoms in total. The van der Waals surface area contributed by atoms with E-state index in [-0.39, 0.29) is 12.2 Å². The van der Waals surface area contributed by atoms with Gasteiger partial charge in [-0.25, -0.2) is 9.78 Å². The number of benzene rings is 2. The van der Waals surface area contributed by atoms with Gasteiger partial charge in [-0.2, -0.15) is 0 Å². The summed E-state index contributed by atoms with van der Waals surface area (Å²) in [6.45, 7) is 4.94. The van der Waals surface area contributed by atoms with Crippen LogP contribution in [-0.2, 0) is 6.61 Å². The predicted molar refractivity (Wildman–Crippen MR) is 132 cm³/mol. The number of pyridine rings is 1. The van der Waals surface area contributed by atoms with E-state index in [1.165, 1.54) is 10.5 Å². The molecule has 0 saturated carbocycles. The SMILES string of the molecule is Cc1ccn2c(=O)cc(COc3cc(NC(=O)Nc4ccc5c(c4)OCCO5)ccc3C)nc2c1. The highest BCUT2D eigenvalue weighted by atomic mass is 16.6. The van der Waals surface area contributed by atoms with Gasteiger partial charge in [0.15, 0.2) is 11.5 Å². The van der Waals surface area contributed by atoms with Gasteiger partial charge in [0.05, 0.1) is 5.69 Å². The van der Waals surface area contributed by atoms with Gasteiger partial charge in [0.25, 0.3) is 5.56 Å². The van der Waals surface area contributed by atoms with E-state index in [0.717, 1.165) is 11.1 Å². The molecule has 1 aliphatic heterocycles. The zero-order valence-corrected chi connectivity index (χ0v) is 19.3. The monoisotopic (exact) mass is 472 g/mol. The number of nitrogens with zero attached hydrogens (tertiary/aromatic N) is 2. The van der Waals surface area contributed by atoms with Crippen LogP contribution < -0.4 is 30.4 Å². The Bertz CT molecular complexity index is 1480. The summed E-state index contributed by atoms with van der Waals surface area (Å²) >= 11 is 0. The fourth-order valence-corrected chi connectivity index (χ4v) is 3.73. The molecule has 0 bridgehead atoms. The summed E-state index contributed by atoms with van der Waals surface area (Å²) in [6, 6.07) is 15.4. The van der Waals surface area contributed by atoms with Crippen LogP contribution in [0.15, 0.2) is 65.6 Å². The number of hydrogen-bond donors (Lipinski definition) is 2. The fraction of sp³-hybridized carbons (Fsp3) is 0.192. The van der Waals surface area contributed by atoms with Crippen LogP contribution in [0, 0.1) is 13.8 Å². The molecule has 5 rings (SSSR count). The molecule has 2 aromatic heterocycles. The van der Waals surface area contributed by atoms with Crippen LogP contribution in [-0.4, -0.2) is 28.6 Å². The number of carbonyl (C=O) groups is 1. The van der Waals surface area contributed by atoms with Gasteiger partial charge < -0.3 is 24.8 Å². The predicted octanol–water partition coefficient (Wildman–Crippen LogP) is 4.31. The highest BCUT2D eigenvalue weighted by molar-refractivity contribution is 6.00. The van der Waals surface area contributed by atoms with Crippen LogP contribution in [0.1, 0.15) is 16.8 Å². The first kappa shape index (κ1) is 22.3. The Kier molecular flexibility index (Phi) is 5.97. The molecule has 9 heteroatoms. The maximum atomic E-state index is 12.5. The second-order valence-corrected chi connectivity index (χ2v) is 8.22. The van der Waals surface area contributed by atoms with Gasteiger partial charge in [-0.3, -0.25) is 9.20 Å². The number of rotatable bonds is 5. The van der Waals surface area contributed by atoms with Crippen molar-refractivity contribution in [1.82, 2.24) is 9.38 Å². The van der Waals surface area contributed by atoms with Crippen molar-refractivity contribution < 1.29 is 19.0 Å². The van der Waals surface area contributed by atoms with Crippen molar-refractivity contribution in [3.63, 3.8) is 0 Å². The molecule has 0 aliphatic carbocycles. The van der Waals surface area contributed by atoms with E-state index >= 15 is 0 Å². The quantitative estimate of drug-likeness (QED) is 0.449. The molecule has 4 aromatic rings. The van der Waals surface area contributed by atoms with E-state index in [1.54, 1.807) is 36.5 Å². The maximum Gasteiger partial charge on any atom is 0.323 e. The molecule has 35 heavy (non-hydrogen) atoms. The lowest BCUT2D eigenvalue weighted by Crippen LogP contribution is -2.20. The third kappa shape index (κ3) is 5.03. The summed E-state index contributed by atoms with van der Waals surface area (Å²) in [5, 5.41) is 5.59. The fourth-order valence-electron chi connectivity index (χ4n) is 3.73. The molecule has 178 valence electrons. The lowest BCUT2D eigenvalue weighted by molar-refractivity contribution is 0.171. The van der Waals surface area contributed by atoms with E-state index in [2.05, 4.69) is 15.6 Å². The normalized spacial score (nSPS) is 12.3. The number of aryl methyl sites for hydroxylation is 2. The largest absolute Gasteiger partial charge is 0.487 e. The molecule has 0 saturated heterocycles. The lowest BCUT2D eigenvalue weighted by atomic mass is 10.2. The average molecular weight is 473 g/mol. The number of anilines is 2. The van der Waals surface area contributed by atoms with Crippen LogP contribution in [0.5, 0.6) is 17.2 Å². The molecule has 1 aliphatic rings. The molecule has 2 N–H and O–H groups in total. The van der Waals surface area contributed by atoms with E-state index in [0.29, 0.717) is 53.2 Å². The number of aromatic nitrogens is 2. The highest BCUT2D eigenvalue weighted by Gasteiger charge is 2.13. The standard InChI is InChI=1S/C26H24N4O5/c1-16-7-8-30-24(11-16)27-20(14-25(30)31)15-35-22-12-18(4-3-17(22)2)28-26(32)29-19-5-6-21-23(13-19)34-10-9-33-21/h3-8,11-14H,9-10,15H2,1-2H3,(H2,28,29,32). The molecular weight excluding hydrogens is 448 g/mol. The number of carbonyl (C=O) groups excluding carboxylic acids is 1. The Hall–Kier alpha value is -4.53. The third-order valence-corrected chi connectivity index (χ3v) is 5.50. The van der Waals surface area contributed by atoms with Crippen LogP contribution in [0.2, 0.25) is 0 Å². The second-order valence-electron chi connectivity index (χ2n) is 8.22. The van der Waals surface area contributed by atoms with Gasteiger partial charge in [0, 0.05) is 35.8 Å². The zero-order chi connectivity index (χ0) is 24.4. The van der Waals surface area contributed by atoms with Gasteiger partial charge in [0.2, 0.25) is 0 Å². The highest BCUT2D eigenvalue weighted by Crippen LogP contribution is 2.32. The summed E-state index contributed by atoms with van der Waals surface area (Å²) in [5.41, 5.74) is 3.96. The van der Waals surface area contributed by atoms with Crippen molar-refractivity contribution in [3.8, 4) is 17.2 Å². The molecule has 0 spiro atoms. The molecule has 3 heterocycles. The summed E-state index contributed by atoms with van der Waals surface area (Å²) in [6.07, 6.45) is 1.71. The molecule has 0 radical (unpaired) electrons. The number of ether oxygens (including phenoxy) is 3. The zero-order valence-electron chi connectivity index (χ0n) is 19.3. The minimum absolute atomic E-state index is 0.118. The smallest absolute Gasteiger partial charge is 0.323 e. The molecular formula is C26H24N4O5. The second kappa shape index (κ2) is 9.38.